The van der Waals surface area contributed by atoms with E-state index in [2.05, 4.69) is 34.6 Å². The van der Waals surface area contributed by atoms with Gasteiger partial charge in [-0.1, -0.05) is 31.1 Å². The lowest BCUT2D eigenvalue weighted by molar-refractivity contribution is 0.297. The number of hydrogen-bond donors (Lipinski definition) is 2. The molecule has 150 valence electrons. The molecule has 6 nitrogen and oxygen atoms in total. The molecule has 1 unspecified atom stereocenters. The second kappa shape index (κ2) is 11.2. The van der Waals surface area contributed by atoms with Gasteiger partial charge in [-0.05, 0) is 37.7 Å². The van der Waals surface area contributed by atoms with Gasteiger partial charge in [0.25, 0.3) is 0 Å². The summed E-state index contributed by atoms with van der Waals surface area (Å²) >= 11 is 0. The number of hydrogen-bond acceptors (Lipinski definition) is 4. The summed E-state index contributed by atoms with van der Waals surface area (Å²) in [5, 5.41) is 10.5. The van der Waals surface area contributed by atoms with Gasteiger partial charge in [0, 0.05) is 19.7 Å². The van der Waals surface area contributed by atoms with Gasteiger partial charge in [-0.25, -0.2) is 4.39 Å². The highest BCUT2D eigenvalue weighted by atomic mass is 127. The summed E-state index contributed by atoms with van der Waals surface area (Å²) in [4.78, 5) is 6.27. The minimum atomic E-state index is -0.233. The molecule has 1 heterocycles. The molecule has 1 aromatic carbocycles. The lowest BCUT2D eigenvalue weighted by Gasteiger charge is -2.26. The van der Waals surface area contributed by atoms with Crippen molar-refractivity contribution in [2.24, 2.45) is 4.99 Å². The Morgan fingerprint density at radius 1 is 1.26 bits per heavy atom. The number of benzene rings is 1. The molecule has 2 aromatic rings. The number of nitrogens with zero attached hydrogens (tertiary/aromatic N) is 3. The van der Waals surface area contributed by atoms with Crippen LogP contribution >= 0.6 is 24.0 Å². The number of halogens is 2. The Morgan fingerprint density at radius 2 is 2.00 bits per heavy atom. The Bertz CT molecular complexity index is 732. The molecule has 0 bridgehead atoms. The van der Waals surface area contributed by atoms with Gasteiger partial charge < -0.3 is 20.1 Å². The summed E-state index contributed by atoms with van der Waals surface area (Å²) in [6, 6.07) is 8.62. The Hall–Kier alpha value is -1.68. The maximum absolute atomic E-state index is 13.5. The Morgan fingerprint density at radius 3 is 2.56 bits per heavy atom. The highest BCUT2D eigenvalue weighted by molar-refractivity contribution is 14.0. The fourth-order valence-corrected chi connectivity index (χ4v) is 2.58. The van der Waals surface area contributed by atoms with E-state index in [1.807, 2.05) is 31.1 Å². The highest BCUT2D eigenvalue weighted by Gasteiger charge is 2.15. The first-order chi connectivity index (χ1) is 12.4. The van der Waals surface area contributed by atoms with E-state index in [1.165, 1.54) is 6.07 Å². The second-order valence-electron chi connectivity index (χ2n) is 6.71. The quantitative estimate of drug-likeness (QED) is 0.354. The third kappa shape index (κ3) is 7.10. The molecule has 1 atom stereocenters. The molecule has 0 spiro atoms. The first-order valence-corrected chi connectivity index (χ1v) is 8.72. The number of aliphatic imine (C=N–C) groups is 1. The van der Waals surface area contributed by atoms with Crippen LogP contribution in [0, 0.1) is 5.82 Å². The van der Waals surface area contributed by atoms with E-state index in [-0.39, 0.29) is 35.8 Å². The van der Waals surface area contributed by atoms with E-state index in [4.69, 9.17) is 4.52 Å². The van der Waals surface area contributed by atoms with Crippen molar-refractivity contribution in [2.75, 3.05) is 27.7 Å². The van der Waals surface area contributed by atoms with Crippen LogP contribution in [-0.2, 0) is 6.54 Å². The first kappa shape index (κ1) is 23.4. The van der Waals surface area contributed by atoms with Crippen LogP contribution in [0.2, 0.25) is 0 Å². The van der Waals surface area contributed by atoms with Crippen molar-refractivity contribution >= 4 is 29.9 Å². The summed E-state index contributed by atoms with van der Waals surface area (Å²) in [5.74, 6) is 1.50. The van der Waals surface area contributed by atoms with Gasteiger partial charge in [0.05, 0.1) is 18.3 Å². The third-order valence-corrected chi connectivity index (χ3v) is 4.14. The van der Waals surface area contributed by atoms with E-state index < -0.39 is 0 Å². The van der Waals surface area contributed by atoms with Gasteiger partial charge in [0.15, 0.2) is 11.7 Å². The molecule has 0 aliphatic carbocycles. The monoisotopic (exact) mass is 489 g/mol. The number of rotatable bonds is 7. The molecule has 0 fully saturated rings. The van der Waals surface area contributed by atoms with E-state index in [0.29, 0.717) is 25.0 Å². The fraction of sp³-hybridized carbons (Fsp3) is 0.474. The lowest BCUT2D eigenvalue weighted by Crippen LogP contribution is -2.41. The topological polar surface area (TPSA) is 65.7 Å². The summed E-state index contributed by atoms with van der Waals surface area (Å²) in [7, 11) is 5.65. The molecule has 0 aliphatic heterocycles. The minimum Gasteiger partial charge on any atom is -0.359 e. The van der Waals surface area contributed by atoms with Gasteiger partial charge >= 0.3 is 0 Å². The summed E-state index contributed by atoms with van der Waals surface area (Å²) in [5.41, 5.74) is 1.85. The minimum absolute atomic E-state index is 0. The molecular weight excluding hydrogens is 460 g/mol. The molecule has 0 aliphatic rings. The normalized spacial score (nSPS) is 12.8. The van der Waals surface area contributed by atoms with Gasteiger partial charge in [0.2, 0.25) is 0 Å². The highest BCUT2D eigenvalue weighted by Crippen LogP contribution is 2.18. The molecule has 1 aromatic heterocycles. The Balaban J connectivity index is 0.00000364. The molecule has 2 rings (SSSR count). The number of aromatic nitrogens is 1. The molecule has 0 amide bonds. The van der Waals surface area contributed by atoms with E-state index in [9.17, 15) is 4.39 Å². The molecule has 0 saturated carbocycles. The average Bonchev–Trinajstić information content (AvgIpc) is 3.07. The predicted molar refractivity (Wildman–Crippen MR) is 117 cm³/mol. The SMILES string of the molecule is CN=C(NCc1cc(C(C)C)no1)NCC(c1cccc(F)c1)N(C)C.I. The van der Waals surface area contributed by atoms with Crippen molar-refractivity contribution < 1.29 is 8.91 Å². The third-order valence-electron chi connectivity index (χ3n) is 4.14. The molecule has 8 heteroatoms. The second-order valence-corrected chi connectivity index (χ2v) is 6.71. The molecular formula is C19H29FIN5O. The first-order valence-electron chi connectivity index (χ1n) is 8.72. The zero-order valence-corrected chi connectivity index (χ0v) is 18.8. The van der Waals surface area contributed by atoms with Gasteiger partial charge in [-0.15, -0.1) is 24.0 Å². The van der Waals surface area contributed by atoms with Gasteiger partial charge in [0.1, 0.15) is 5.82 Å². The largest absolute Gasteiger partial charge is 0.359 e. The molecule has 0 radical (unpaired) electrons. The van der Waals surface area contributed by atoms with Crippen LogP contribution in [0.25, 0.3) is 0 Å². The van der Waals surface area contributed by atoms with Crippen LogP contribution < -0.4 is 10.6 Å². The van der Waals surface area contributed by atoms with Crippen molar-refractivity contribution in [1.82, 2.24) is 20.7 Å². The van der Waals surface area contributed by atoms with Crippen molar-refractivity contribution in [3.05, 3.63) is 53.2 Å². The summed E-state index contributed by atoms with van der Waals surface area (Å²) in [6.45, 7) is 5.22. The predicted octanol–water partition coefficient (Wildman–Crippen LogP) is 3.52. The zero-order chi connectivity index (χ0) is 19.1. The van der Waals surface area contributed by atoms with Crippen LogP contribution in [0.3, 0.4) is 0 Å². The maximum Gasteiger partial charge on any atom is 0.191 e. The Kier molecular flexibility index (Phi) is 9.71. The van der Waals surface area contributed by atoms with Crippen molar-refractivity contribution in [3.8, 4) is 0 Å². The zero-order valence-electron chi connectivity index (χ0n) is 16.5. The average molecular weight is 489 g/mol. The van der Waals surface area contributed by atoms with E-state index in [1.54, 1.807) is 19.2 Å². The molecule has 2 N–H and O–H groups in total. The van der Waals surface area contributed by atoms with Crippen LogP contribution in [0.4, 0.5) is 4.39 Å². The van der Waals surface area contributed by atoms with Crippen molar-refractivity contribution in [3.63, 3.8) is 0 Å². The molecule has 0 saturated heterocycles. The van der Waals surface area contributed by atoms with Crippen LogP contribution in [-0.4, -0.2) is 43.7 Å². The van der Waals surface area contributed by atoms with Crippen molar-refractivity contribution in [1.29, 1.82) is 0 Å². The number of guanidine groups is 1. The van der Waals surface area contributed by atoms with Crippen LogP contribution in [0.5, 0.6) is 0 Å². The summed E-state index contributed by atoms with van der Waals surface area (Å²) < 4.78 is 18.9. The fourth-order valence-electron chi connectivity index (χ4n) is 2.58. The van der Waals surface area contributed by atoms with Crippen LogP contribution in [0.1, 0.15) is 42.8 Å². The number of nitrogens with one attached hydrogen (secondary N) is 2. The van der Waals surface area contributed by atoms with Gasteiger partial charge in [-0.2, -0.15) is 0 Å². The molecule has 27 heavy (non-hydrogen) atoms. The Labute approximate surface area is 177 Å². The van der Waals surface area contributed by atoms with E-state index in [0.717, 1.165) is 17.0 Å². The maximum atomic E-state index is 13.5. The number of likely N-dealkylation sites (N-methyl/N-ethyl adjacent to an activating group) is 1. The smallest absolute Gasteiger partial charge is 0.191 e. The van der Waals surface area contributed by atoms with Gasteiger partial charge in [-0.3, -0.25) is 4.99 Å². The summed E-state index contributed by atoms with van der Waals surface area (Å²) in [6.07, 6.45) is 0. The lowest BCUT2D eigenvalue weighted by atomic mass is 10.1. The standard InChI is InChI=1S/C19H28FN5O.HI/c1-13(2)17-10-16(26-24-17)11-22-19(21-3)23-12-18(25(4)5)14-7-6-8-15(20)9-14;/h6-10,13,18H,11-12H2,1-5H3,(H2,21,22,23);1H. The van der Waals surface area contributed by atoms with Crippen molar-refractivity contribution in [2.45, 2.75) is 32.4 Å². The van der Waals surface area contributed by atoms with Crippen LogP contribution in [0.15, 0.2) is 39.8 Å². The van der Waals surface area contributed by atoms with E-state index >= 15 is 0 Å².